The molecule has 1 atom stereocenters. The van der Waals surface area contributed by atoms with Crippen LogP contribution in [0.5, 0.6) is 0 Å². The summed E-state index contributed by atoms with van der Waals surface area (Å²) < 4.78 is 0. The van der Waals surface area contributed by atoms with Crippen molar-refractivity contribution in [3.8, 4) is 0 Å². The van der Waals surface area contributed by atoms with Gasteiger partial charge in [0, 0.05) is 11.7 Å². The lowest BCUT2D eigenvalue weighted by molar-refractivity contribution is 0.200. The van der Waals surface area contributed by atoms with Crippen molar-refractivity contribution in [3.05, 3.63) is 29.8 Å². The molecule has 114 valence electrons. The van der Waals surface area contributed by atoms with Crippen LogP contribution in [0.4, 0.5) is 5.69 Å². The van der Waals surface area contributed by atoms with E-state index in [-0.39, 0.29) is 0 Å². The maximum Gasteiger partial charge on any atom is 0.0319 e. The Hall–Kier alpha value is -1.06. The molecule has 3 heteroatoms. The van der Waals surface area contributed by atoms with Crippen molar-refractivity contribution >= 4 is 5.69 Å². The van der Waals surface area contributed by atoms with Gasteiger partial charge in [0.15, 0.2) is 0 Å². The minimum Gasteiger partial charge on any atom is -0.399 e. The molecule has 1 aromatic rings. The van der Waals surface area contributed by atoms with Crippen LogP contribution in [0.1, 0.15) is 45.7 Å². The maximum absolute atomic E-state index is 5.76. The average Bonchev–Trinajstić information content (AvgIpc) is 2.48. The molecular weight excluding hydrogens is 246 g/mol. The Labute approximate surface area is 124 Å². The summed E-state index contributed by atoms with van der Waals surface area (Å²) in [5.41, 5.74) is 7.95. The Morgan fingerprint density at radius 1 is 0.950 bits per heavy atom. The molecule has 0 heterocycles. The molecule has 0 saturated heterocycles. The second-order valence-corrected chi connectivity index (χ2v) is 5.35. The first kappa shape index (κ1) is 17.0. The normalized spacial score (nSPS) is 13.1. The van der Waals surface area contributed by atoms with Crippen LogP contribution in [0.2, 0.25) is 0 Å². The molecule has 0 saturated carbocycles. The highest BCUT2D eigenvalue weighted by molar-refractivity contribution is 5.40. The molecule has 0 amide bonds. The largest absolute Gasteiger partial charge is 0.399 e. The van der Waals surface area contributed by atoms with Crippen molar-refractivity contribution in [1.82, 2.24) is 9.80 Å². The topological polar surface area (TPSA) is 32.5 Å². The van der Waals surface area contributed by atoms with Gasteiger partial charge < -0.3 is 10.6 Å². The third-order valence-electron chi connectivity index (χ3n) is 4.19. The fraction of sp³-hybridized carbons (Fsp3) is 0.647. The molecule has 0 radical (unpaired) electrons. The van der Waals surface area contributed by atoms with Crippen LogP contribution in [-0.4, -0.2) is 42.5 Å². The average molecular weight is 277 g/mol. The van der Waals surface area contributed by atoms with E-state index in [0.717, 1.165) is 31.9 Å². The van der Waals surface area contributed by atoms with Crippen LogP contribution in [0.3, 0.4) is 0 Å². The van der Waals surface area contributed by atoms with Gasteiger partial charge in [-0.3, -0.25) is 4.90 Å². The van der Waals surface area contributed by atoms with Crippen LogP contribution < -0.4 is 5.73 Å². The van der Waals surface area contributed by atoms with Crippen LogP contribution in [-0.2, 0) is 0 Å². The Bertz CT molecular complexity index is 357. The number of hydrogen-bond donors (Lipinski definition) is 1. The van der Waals surface area contributed by atoms with E-state index in [1.807, 2.05) is 12.1 Å². The smallest absolute Gasteiger partial charge is 0.0319 e. The molecule has 0 fully saturated rings. The van der Waals surface area contributed by atoms with Crippen LogP contribution in [0.25, 0.3) is 0 Å². The van der Waals surface area contributed by atoms with E-state index in [9.17, 15) is 0 Å². The first-order chi connectivity index (χ1) is 9.62. The molecule has 0 aromatic heterocycles. The van der Waals surface area contributed by atoms with Gasteiger partial charge >= 0.3 is 0 Å². The number of nitrogens with two attached hydrogens (primary N) is 1. The first-order valence-corrected chi connectivity index (χ1v) is 7.94. The highest BCUT2D eigenvalue weighted by Crippen LogP contribution is 2.21. The number of nitrogen functional groups attached to an aromatic ring is 1. The zero-order chi connectivity index (χ0) is 15.0. The van der Waals surface area contributed by atoms with Gasteiger partial charge in [0.25, 0.3) is 0 Å². The molecule has 0 aliphatic rings. The number of hydrogen-bond acceptors (Lipinski definition) is 3. The monoisotopic (exact) mass is 277 g/mol. The number of rotatable bonds is 9. The van der Waals surface area contributed by atoms with Gasteiger partial charge in [-0.15, -0.1) is 0 Å². The molecule has 1 aromatic carbocycles. The zero-order valence-corrected chi connectivity index (χ0v) is 13.6. The Morgan fingerprint density at radius 3 is 2.05 bits per heavy atom. The van der Waals surface area contributed by atoms with Gasteiger partial charge in [0.1, 0.15) is 0 Å². The molecule has 1 unspecified atom stereocenters. The van der Waals surface area contributed by atoms with Crippen molar-refractivity contribution in [2.75, 3.05) is 38.5 Å². The quantitative estimate of drug-likeness (QED) is 0.702. The zero-order valence-electron chi connectivity index (χ0n) is 13.6. The molecule has 0 aliphatic carbocycles. The summed E-state index contributed by atoms with van der Waals surface area (Å²) in [6.07, 6.45) is 1.23. The molecule has 0 aliphatic heterocycles. The van der Waals surface area contributed by atoms with Crippen molar-refractivity contribution in [3.63, 3.8) is 0 Å². The highest BCUT2D eigenvalue weighted by Gasteiger charge is 2.13. The van der Waals surface area contributed by atoms with Crippen molar-refractivity contribution < 1.29 is 0 Å². The van der Waals surface area contributed by atoms with E-state index in [2.05, 4.69) is 49.6 Å². The Kier molecular flexibility index (Phi) is 7.63. The van der Waals surface area contributed by atoms with Gasteiger partial charge in [0.2, 0.25) is 0 Å². The lowest BCUT2D eigenvalue weighted by Gasteiger charge is -2.29. The first-order valence-electron chi connectivity index (χ1n) is 7.94. The number of anilines is 1. The summed E-state index contributed by atoms with van der Waals surface area (Å²) in [5.74, 6) is 0. The fourth-order valence-corrected chi connectivity index (χ4v) is 2.65. The summed E-state index contributed by atoms with van der Waals surface area (Å²) in [5, 5.41) is 0. The molecule has 0 bridgehead atoms. The number of nitrogens with zero attached hydrogens (tertiary/aromatic N) is 2. The summed E-state index contributed by atoms with van der Waals surface area (Å²) in [6.45, 7) is 14.7. The lowest BCUT2D eigenvalue weighted by atomic mass is 10.1. The minimum atomic E-state index is 0.456. The minimum absolute atomic E-state index is 0.456. The van der Waals surface area contributed by atoms with E-state index < -0.39 is 0 Å². The standard InChI is InChI=1S/C17H31N3/c1-5-19(6-2)13-8-14-20(7-3)15(4)16-9-11-17(18)12-10-16/h9-12,15H,5-8,13-14,18H2,1-4H3. The second kappa shape index (κ2) is 8.98. The van der Waals surface area contributed by atoms with E-state index in [1.54, 1.807) is 0 Å². The molecule has 3 nitrogen and oxygen atoms in total. The third-order valence-corrected chi connectivity index (χ3v) is 4.19. The fourth-order valence-electron chi connectivity index (χ4n) is 2.65. The molecule has 0 spiro atoms. The van der Waals surface area contributed by atoms with Gasteiger partial charge in [-0.05, 0) is 63.8 Å². The summed E-state index contributed by atoms with van der Waals surface area (Å²) >= 11 is 0. The van der Waals surface area contributed by atoms with E-state index >= 15 is 0 Å². The van der Waals surface area contributed by atoms with Crippen molar-refractivity contribution in [2.45, 2.75) is 40.2 Å². The van der Waals surface area contributed by atoms with E-state index in [4.69, 9.17) is 5.73 Å². The third kappa shape index (κ3) is 5.14. The van der Waals surface area contributed by atoms with Crippen LogP contribution in [0, 0.1) is 0 Å². The van der Waals surface area contributed by atoms with E-state index in [0.29, 0.717) is 6.04 Å². The van der Waals surface area contributed by atoms with Gasteiger partial charge in [-0.2, -0.15) is 0 Å². The Morgan fingerprint density at radius 2 is 1.55 bits per heavy atom. The second-order valence-electron chi connectivity index (χ2n) is 5.35. The molecular formula is C17H31N3. The van der Waals surface area contributed by atoms with Crippen molar-refractivity contribution in [2.24, 2.45) is 0 Å². The Balaban J connectivity index is 2.50. The van der Waals surface area contributed by atoms with Crippen LogP contribution >= 0.6 is 0 Å². The van der Waals surface area contributed by atoms with E-state index in [1.165, 1.54) is 18.5 Å². The summed E-state index contributed by atoms with van der Waals surface area (Å²) in [4.78, 5) is 5.02. The predicted octanol–water partition coefficient (Wildman–Crippen LogP) is 3.38. The number of benzene rings is 1. The summed E-state index contributed by atoms with van der Waals surface area (Å²) in [7, 11) is 0. The van der Waals surface area contributed by atoms with Gasteiger partial charge in [-0.25, -0.2) is 0 Å². The van der Waals surface area contributed by atoms with Gasteiger partial charge in [0.05, 0.1) is 0 Å². The van der Waals surface area contributed by atoms with Crippen LogP contribution in [0.15, 0.2) is 24.3 Å². The van der Waals surface area contributed by atoms with Gasteiger partial charge in [-0.1, -0.05) is 32.9 Å². The molecule has 2 N–H and O–H groups in total. The highest BCUT2D eigenvalue weighted by atomic mass is 15.2. The summed E-state index contributed by atoms with van der Waals surface area (Å²) in [6, 6.07) is 8.74. The predicted molar refractivity (Wildman–Crippen MR) is 88.9 cm³/mol. The maximum atomic E-state index is 5.76. The molecule has 1 rings (SSSR count). The lowest BCUT2D eigenvalue weighted by Crippen LogP contribution is -2.31. The van der Waals surface area contributed by atoms with Crippen molar-refractivity contribution in [1.29, 1.82) is 0 Å². The molecule has 20 heavy (non-hydrogen) atoms. The SMILES string of the molecule is CCN(CC)CCCN(CC)C(C)c1ccc(N)cc1.